The molecule has 0 atom stereocenters. The van der Waals surface area contributed by atoms with Crippen molar-refractivity contribution in [3.63, 3.8) is 0 Å². The lowest BCUT2D eigenvalue weighted by atomic mass is 10.2. The van der Waals surface area contributed by atoms with Gasteiger partial charge in [-0.1, -0.05) is 28.9 Å². The van der Waals surface area contributed by atoms with E-state index in [0.29, 0.717) is 36.1 Å². The first-order chi connectivity index (χ1) is 14.9. The normalized spacial score (nSPS) is 15.8. The molecule has 1 amide bonds. The largest absolute Gasteiger partial charge is 0.379 e. The molecule has 0 radical (unpaired) electrons. The van der Waals surface area contributed by atoms with E-state index in [2.05, 4.69) is 10.9 Å². The monoisotopic (exact) mass is 475 g/mol. The molecule has 7 nitrogen and oxygen atoms in total. The number of aromatic nitrogens is 1. The SMILES string of the molecule is C#CCn1c(=NC(=O)c2ccc(S(=O)(=O)N3CCOCC3)cc2)sc2cc(Cl)ccc21. The Hall–Kier alpha value is -2.48. The minimum absolute atomic E-state index is 0.129. The minimum atomic E-state index is -3.62. The number of hydrogen-bond donors (Lipinski definition) is 0. The predicted octanol–water partition coefficient (Wildman–Crippen LogP) is 2.75. The third-order valence-electron chi connectivity index (χ3n) is 4.80. The highest BCUT2D eigenvalue weighted by Crippen LogP contribution is 2.22. The van der Waals surface area contributed by atoms with Gasteiger partial charge in [0.1, 0.15) is 0 Å². The summed E-state index contributed by atoms with van der Waals surface area (Å²) in [5.41, 5.74) is 1.12. The molecule has 2 heterocycles. The smallest absolute Gasteiger partial charge is 0.279 e. The van der Waals surface area contributed by atoms with Crippen molar-refractivity contribution in [2.24, 2.45) is 4.99 Å². The van der Waals surface area contributed by atoms with Crippen LogP contribution in [0.15, 0.2) is 52.4 Å². The number of nitrogens with zero attached hydrogens (tertiary/aromatic N) is 3. The topological polar surface area (TPSA) is 81.0 Å². The second-order valence-corrected chi connectivity index (χ2v) is 10.1. The molecule has 2 aromatic carbocycles. The fourth-order valence-corrected chi connectivity index (χ4v) is 5.95. The highest BCUT2D eigenvalue weighted by atomic mass is 35.5. The zero-order valence-electron chi connectivity index (χ0n) is 16.3. The Labute approximate surface area is 188 Å². The van der Waals surface area contributed by atoms with Crippen LogP contribution >= 0.6 is 22.9 Å². The number of morpholine rings is 1. The van der Waals surface area contributed by atoms with Gasteiger partial charge in [-0.2, -0.15) is 9.30 Å². The van der Waals surface area contributed by atoms with Crippen molar-refractivity contribution >= 4 is 49.1 Å². The molecule has 0 bridgehead atoms. The van der Waals surface area contributed by atoms with Crippen molar-refractivity contribution < 1.29 is 17.9 Å². The standard InChI is InChI=1S/C21H18ClN3O4S2/c1-2-9-25-18-8-5-16(22)14-19(18)30-21(25)23-20(26)15-3-6-17(7-4-15)31(27,28)24-10-12-29-13-11-24/h1,3-8,14H,9-13H2. The molecule has 10 heteroatoms. The highest BCUT2D eigenvalue weighted by molar-refractivity contribution is 7.89. The third kappa shape index (κ3) is 4.44. The maximum absolute atomic E-state index is 12.7. The molecule has 1 fully saturated rings. The van der Waals surface area contributed by atoms with Crippen molar-refractivity contribution in [3.05, 3.63) is 57.9 Å². The fraction of sp³-hybridized carbons (Fsp3) is 0.238. The number of ether oxygens (including phenoxy) is 1. The Bertz CT molecular complexity index is 1350. The number of hydrogen-bond acceptors (Lipinski definition) is 5. The van der Waals surface area contributed by atoms with Crippen LogP contribution in [0.25, 0.3) is 10.2 Å². The average Bonchev–Trinajstić information content (AvgIpc) is 3.10. The fourth-order valence-electron chi connectivity index (χ4n) is 3.23. The van der Waals surface area contributed by atoms with E-state index in [1.54, 1.807) is 16.7 Å². The number of terminal acetylenes is 1. The van der Waals surface area contributed by atoms with Gasteiger partial charge in [-0.25, -0.2) is 8.42 Å². The number of fused-ring (bicyclic) bond motifs is 1. The Kier molecular flexibility index (Phi) is 6.27. The van der Waals surface area contributed by atoms with E-state index in [0.717, 1.165) is 10.2 Å². The molecule has 0 N–H and O–H groups in total. The Morgan fingerprint density at radius 1 is 1.19 bits per heavy atom. The third-order valence-corrected chi connectivity index (χ3v) is 7.99. The van der Waals surface area contributed by atoms with Crippen molar-refractivity contribution in [1.82, 2.24) is 8.87 Å². The van der Waals surface area contributed by atoms with Crippen LogP contribution in [0.4, 0.5) is 0 Å². The van der Waals surface area contributed by atoms with E-state index in [9.17, 15) is 13.2 Å². The van der Waals surface area contributed by atoms with E-state index in [1.807, 2.05) is 6.07 Å². The van der Waals surface area contributed by atoms with Gasteiger partial charge in [0.2, 0.25) is 10.0 Å². The molecule has 1 aliphatic rings. The molecule has 0 saturated carbocycles. The highest BCUT2D eigenvalue weighted by Gasteiger charge is 2.26. The number of benzene rings is 2. The van der Waals surface area contributed by atoms with E-state index in [-0.39, 0.29) is 17.0 Å². The summed E-state index contributed by atoms with van der Waals surface area (Å²) in [7, 11) is -3.62. The molecular weight excluding hydrogens is 458 g/mol. The maximum Gasteiger partial charge on any atom is 0.279 e. The summed E-state index contributed by atoms with van der Waals surface area (Å²) < 4.78 is 34.7. The van der Waals surface area contributed by atoms with Gasteiger partial charge in [0.25, 0.3) is 5.91 Å². The van der Waals surface area contributed by atoms with Crippen LogP contribution < -0.4 is 4.80 Å². The molecule has 1 aliphatic heterocycles. The number of thiazole rings is 1. The molecule has 0 unspecified atom stereocenters. The van der Waals surface area contributed by atoms with E-state index < -0.39 is 15.9 Å². The maximum atomic E-state index is 12.7. The Balaban J connectivity index is 1.66. The van der Waals surface area contributed by atoms with Crippen molar-refractivity contribution in [1.29, 1.82) is 0 Å². The van der Waals surface area contributed by atoms with Gasteiger partial charge in [0.05, 0.1) is 34.9 Å². The molecular formula is C21H18ClN3O4S2. The average molecular weight is 476 g/mol. The first-order valence-corrected chi connectivity index (χ1v) is 12.0. The van der Waals surface area contributed by atoms with Crippen molar-refractivity contribution in [3.8, 4) is 12.3 Å². The summed E-state index contributed by atoms with van der Waals surface area (Å²) >= 11 is 7.38. The van der Waals surface area contributed by atoms with Crippen LogP contribution in [0.2, 0.25) is 5.02 Å². The van der Waals surface area contributed by atoms with Crippen LogP contribution in [-0.4, -0.2) is 49.5 Å². The second-order valence-electron chi connectivity index (χ2n) is 6.74. The molecule has 0 spiro atoms. The molecule has 31 heavy (non-hydrogen) atoms. The number of carbonyl (C=O) groups excluding carboxylic acids is 1. The zero-order chi connectivity index (χ0) is 22.0. The number of amides is 1. The molecule has 160 valence electrons. The summed E-state index contributed by atoms with van der Waals surface area (Å²) in [6.45, 7) is 1.61. The lowest BCUT2D eigenvalue weighted by molar-refractivity contribution is 0.0730. The molecule has 0 aliphatic carbocycles. The van der Waals surface area contributed by atoms with Gasteiger partial charge < -0.3 is 9.30 Å². The predicted molar refractivity (Wildman–Crippen MR) is 120 cm³/mol. The molecule has 1 saturated heterocycles. The summed E-state index contributed by atoms with van der Waals surface area (Å²) in [4.78, 5) is 17.6. The van der Waals surface area contributed by atoms with Gasteiger partial charge in [0, 0.05) is 23.7 Å². The summed E-state index contributed by atoms with van der Waals surface area (Å²) in [6.07, 6.45) is 5.48. The summed E-state index contributed by atoms with van der Waals surface area (Å²) in [6, 6.07) is 11.2. The first kappa shape index (κ1) is 21.7. The Morgan fingerprint density at radius 2 is 1.90 bits per heavy atom. The molecule has 1 aromatic heterocycles. The Morgan fingerprint density at radius 3 is 2.58 bits per heavy atom. The van der Waals surface area contributed by atoms with Crippen LogP contribution in [0.1, 0.15) is 10.4 Å². The zero-order valence-corrected chi connectivity index (χ0v) is 18.7. The van der Waals surface area contributed by atoms with Crippen molar-refractivity contribution in [2.45, 2.75) is 11.4 Å². The van der Waals surface area contributed by atoms with Gasteiger partial charge >= 0.3 is 0 Å². The van der Waals surface area contributed by atoms with E-state index in [4.69, 9.17) is 22.8 Å². The van der Waals surface area contributed by atoms with E-state index >= 15 is 0 Å². The lowest BCUT2D eigenvalue weighted by Crippen LogP contribution is -2.40. The number of carbonyl (C=O) groups is 1. The van der Waals surface area contributed by atoms with Crippen LogP contribution in [0.3, 0.4) is 0 Å². The number of sulfonamides is 1. The number of halogens is 1. The van der Waals surface area contributed by atoms with Gasteiger partial charge in [-0.15, -0.1) is 6.42 Å². The van der Waals surface area contributed by atoms with Crippen LogP contribution in [0.5, 0.6) is 0 Å². The van der Waals surface area contributed by atoms with Crippen molar-refractivity contribution in [2.75, 3.05) is 26.3 Å². The van der Waals surface area contributed by atoms with Gasteiger partial charge in [0.15, 0.2) is 4.80 Å². The van der Waals surface area contributed by atoms with Gasteiger partial charge in [-0.3, -0.25) is 4.79 Å². The molecule has 3 aromatic rings. The lowest BCUT2D eigenvalue weighted by Gasteiger charge is -2.26. The van der Waals surface area contributed by atoms with Crippen LogP contribution in [0, 0.1) is 12.3 Å². The summed E-state index contributed by atoms with van der Waals surface area (Å²) in [5.74, 6) is 2.08. The molecule has 4 rings (SSSR count). The second kappa shape index (κ2) is 8.94. The van der Waals surface area contributed by atoms with Gasteiger partial charge in [-0.05, 0) is 42.5 Å². The van der Waals surface area contributed by atoms with Crippen LogP contribution in [-0.2, 0) is 21.3 Å². The summed E-state index contributed by atoms with van der Waals surface area (Å²) in [5, 5.41) is 0.580. The van der Waals surface area contributed by atoms with E-state index in [1.165, 1.54) is 39.9 Å². The quantitative estimate of drug-likeness (QED) is 0.543. The number of rotatable bonds is 4. The first-order valence-electron chi connectivity index (χ1n) is 9.39. The minimum Gasteiger partial charge on any atom is -0.379 e.